The Bertz CT molecular complexity index is 569. The molecule has 1 aromatic heterocycles. The molecule has 0 fully saturated rings. The Balaban J connectivity index is 2.49. The number of nitrogens with zero attached hydrogens (tertiary/aromatic N) is 1. The summed E-state index contributed by atoms with van der Waals surface area (Å²) in [6.07, 6.45) is 0. The fraction of sp³-hybridized carbons (Fsp3) is 0.182. The molecule has 0 aliphatic heterocycles. The zero-order valence-corrected chi connectivity index (χ0v) is 9.30. The number of H-pyrrole nitrogens is 1. The summed E-state index contributed by atoms with van der Waals surface area (Å²) in [6.45, 7) is -0.00960. The highest BCUT2D eigenvalue weighted by Gasteiger charge is 2.13. The Morgan fingerprint density at radius 3 is 2.53 bits per heavy atom. The first kappa shape index (κ1) is 11.3. The predicted molar refractivity (Wildman–Crippen MR) is 62.5 cm³/mol. The highest BCUT2D eigenvalue weighted by Crippen LogP contribution is 2.20. The lowest BCUT2D eigenvalue weighted by molar-refractivity contribution is 0.414. The number of aromatic hydroxyl groups is 1. The highest BCUT2D eigenvalue weighted by molar-refractivity contribution is 5.40. The molecule has 0 saturated heterocycles. The van der Waals surface area contributed by atoms with E-state index < -0.39 is 0 Å². The molecule has 6 heteroatoms. The van der Waals surface area contributed by atoms with E-state index in [-0.39, 0.29) is 23.5 Å². The number of nitrogens with one attached hydrogen (secondary N) is 1. The van der Waals surface area contributed by atoms with Crippen LogP contribution in [0, 0.1) is 0 Å². The molecule has 0 saturated carbocycles. The van der Waals surface area contributed by atoms with Gasteiger partial charge in [0.05, 0.1) is 18.4 Å². The first-order chi connectivity index (χ1) is 8.17. The zero-order valence-electron chi connectivity index (χ0n) is 9.30. The standard InChI is InChI=1S/C11H13N3O3/c1-17-8-4-2-7(3-5-8)14-11(16)9(6-12)10(15)13-14/h2-5,16H,6,12H2,1H3,(H,13,15). The normalized spacial score (nSPS) is 10.5. The summed E-state index contributed by atoms with van der Waals surface area (Å²) in [5.74, 6) is 0.532. The van der Waals surface area contributed by atoms with Gasteiger partial charge >= 0.3 is 0 Å². The van der Waals surface area contributed by atoms with Gasteiger partial charge in [-0.1, -0.05) is 0 Å². The lowest BCUT2D eigenvalue weighted by Crippen LogP contribution is -2.10. The topological polar surface area (TPSA) is 93.3 Å². The van der Waals surface area contributed by atoms with Crippen LogP contribution in [0.15, 0.2) is 29.1 Å². The van der Waals surface area contributed by atoms with E-state index in [1.807, 2.05) is 0 Å². The van der Waals surface area contributed by atoms with Gasteiger partial charge in [-0.15, -0.1) is 0 Å². The molecule has 0 amide bonds. The van der Waals surface area contributed by atoms with Gasteiger partial charge < -0.3 is 15.6 Å². The predicted octanol–water partition coefficient (Wildman–Crippen LogP) is 0.338. The number of aromatic nitrogens is 2. The van der Waals surface area contributed by atoms with Crippen molar-refractivity contribution in [3.8, 4) is 17.3 Å². The number of benzene rings is 1. The van der Waals surface area contributed by atoms with E-state index in [9.17, 15) is 9.90 Å². The van der Waals surface area contributed by atoms with Crippen molar-refractivity contribution in [2.75, 3.05) is 7.11 Å². The van der Waals surface area contributed by atoms with Crippen LogP contribution in [0.5, 0.6) is 11.6 Å². The van der Waals surface area contributed by atoms with Gasteiger partial charge in [0, 0.05) is 6.54 Å². The molecule has 0 unspecified atom stereocenters. The summed E-state index contributed by atoms with van der Waals surface area (Å²) in [5, 5.41) is 12.3. The maximum absolute atomic E-state index is 11.4. The smallest absolute Gasteiger partial charge is 0.272 e. The SMILES string of the molecule is COc1ccc(-n2[nH]c(=O)c(CN)c2O)cc1. The number of nitrogens with two attached hydrogens (primary N) is 1. The highest BCUT2D eigenvalue weighted by atomic mass is 16.5. The van der Waals surface area contributed by atoms with E-state index in [1.54, 1.807) is 31.4 Å². The van der Waals surface area contributed by atoms with Crippen molar-refractivity contribution in [3.63, 3.8) is 0 Å². The molecular formula is C11H13N3O3. The summed E-state index contributed by atoms with van der Waals surface area (Å²) in [7, 11) is 1.57. The Kier molecular flexibility index (Phi) is 2.88. The summed E-state index contributed by atoms with van der Waals surface area (Å²) < 4.78 is 6.30. The summed E-state index contributed by atoms with van der Waals surface area (Å²) >= 11 is 0. The maximum atomic E-state index is 11.4. The average molecular weight is 235 g/mol. The quantitative estimate of drug-likeness (QED) is 0.715. The molecule has 4 N–H and O–H groups in total. The molecule has 90 valence electrons. The van der Waals surface area contributed by atoms with Gasteiger partial charge in [-0.2, -0.15) is 0 Å². The zero-order chi connectivity index (χ0) is 12.4. The van der Waals surface area contributed by atoms with Crippen LogP contribution in [0.25, 0.3) is 5.69 Å². The molecule has 0 atom stereocenters. The minimum atomic E-state index is -0.388. The van der Waals surface area contributed by atoms with Gasteiger partial charge in [-0.3, -0.25) is 9.89 Å². The largest absolute Gasteiger partial charge is 0.497 e. The minimum Gasteiger partial charge on any atom is -0.497 e. The molecule has 0 radical (unpaired) electrons. The third-order valence-corrected chi connectivity index (χ3v) is 2.50. The van der Waals surface area contributed by atoms with Crippen LogP contribution in [0.4, 0.5) is 0 Å². The Labute approximate surface area is 97.2 Å². The lowest BCUT2D eigenvalue weighted by atomic mass is 10.3. The molecule has 1 aromatic carbocycles. The van der Waals surface area contributed by atoms with Gasteiger partial charge in [0.2, 0.25) is 5.88 Å². The Morgan fingerprint density at radius 2 is 2.06 bits per heavy atom. The molecule has 0 bridgehead atoms. The minimum absolute atomic E-state index is 0.00960. The van der Waals surface area contributed by atoms with Crippen molar-refractivity contribution in [1.29, 1.82) is 0 Å². The van der Waals surface area contributed by atoms with Gasteiger partial charge in [0.25, 0.3) is 5.56 Å². The second-order valence-corrected chi connectivity index (χ2v) is 3.48. The lowest BCUT2D eigenvalue weighted by Gasteiger charge is -2.05. The van der Waals surface area contributed by atoms with Gasteiger partial charge in [-0.05, 0) is 24.3 Å². The summed E-state index contributed by atoms with van der Waals surface area (Å²) in [5.41, 5.74) is 5.78. The Hall–Kier alpha value is -2.21. The summed E-state index contributed by atoms with van der Waals surface area (Å²) in [6, 6.07) is 6.90. The van der Waals surface area contributed by atoms with E-state index in [2.05, 4.69) is 5.10 Å². The van der Waals surface area contributed by atoms with Crippen molar-refractivity contribution in [3.05, 3.63) is 40.2 Å². The Morgan fingerprint density at radius 1 is 1.41 bits per heavy atom. The van der Waals surface area contributed by atoms with E-state index >= 15 is 0 Å². The van der Waals surface area contributed by atoms with Crippen molar-refractivity contribution >= 4 is 0 Å². The fourth-order valence-corrected chi connectivity index (χ4v) is 1.56. The van der Waals surface area contributed by atoms with Gasteiger partial charge in [0.15, 0.2) is 0 Å². The van der Waals surface area contributed by atoms with Crippen LogP contribution >= 0.6 is 0 Å². The number of rotatable bonds is 3. The molecular weight excluding hydrogens is 222 g/mol. The number of methoxy groups -OCH3 is 1. The number of ether oxygens (including phenoxy) is 1. The van der Waals surface area contributed by atoms with Crippen LogP contribution < -0.4 is 16.0 Å². The molecule has 0 aliphatic rings. The number of hydrogen-bond donors (Lipinski definition) is 3. The number of aromatic amines is 1. The van der Waals surface area contributed by atoms with E-state index in [4.69, 9.17) is 10.5 Å². The third-order valence-electron chi connectivity index (χ3n) is 2.50. The number of hydrogen-bond acceptors (Lipinski definition) is 4. The van der Waals surface area contributed by atoms with Crippen molar-refractivity contribution in [2.45, 2.75) is 6.54 Å². The van der Waals surface area contributed by atoms with Crippen molar-refractivity contribution in [1.82, 2.24) is 9.78 Å². The van der Waals surface area contributed by atoms with Crippen LogP contribution in [0.3, 0.4) is 0 Å². The fourth-order valence-electron chi connectivity index (χ4n) is 1.56. The second kappa shape index (κ2) is 4.34. The van der Waals surface area contributed by atoms with E-state index in [0.29, 0.717) is 11.4 Å². The van der Waals surface area contributed by atoms with Gasteiger partial charge in [0.1, 0.15) is 5.75 Å². The van der Waals surface area contributed by atoms with Crippen LogP contribution in [-0.4, -0.2) is 22.0 Å². The second-order valence-electron chi connectivity index (χ2n) is 3.48. The molecule has 17 heavy (non-hydrogen) atoms. The molecule has 0 spiro atoms. The molecule has 2 rings (SSSR count). The van der Waals surface area contributed by atoms with E-state index in [0.717, 1.165) is 0 Å². The average Bonchev–Trinajstić information content (AvgIpc) is 2.64. The van der Waals surface area contributed by atoms with Crippen LogP contribution in [0.1, 0.15) is 5.56 Å². The maximum Gasteiger partial charge on any atom is 0.272 e. The van der Waals surface area contributed by atoms with Crippen LogP contribution in [0.2, 0.25) is 0 Å². The van der Waals surface area contributed by atoms with E-state index in [1.165, 1.54) is 4.68 Å². The first-order valence-corrected chi connectivity index (χ1v) is 5.04. The summed E-state index contributed by atoms with van der Waals surface area (Å²) in [4.78, 5) is 11.4. The van der Waals surface area contributed by atoms with Gasteiger partial charge in [-0.25, -0.2) is 4.68 Å². The monoisotopic (exact) mass is 235 g/mol. The van der Waals surface area contributed by atoms with Crippen LogP contribution in [-0.2, 0) is 6.54 Å². The molecule has 0 aliphatic carbocycles. The van der Waals surface area contributed by atoms with Crippen molar-refractivity contribution in [2.24, 2.45) is 5.73 Å². The van der Waals surface area contributed by atoms with Crippen molar-refractivity contribution < 1.29 is 9.84 Å². The molecule has 2 aromatic rings. The molecule has 6 nitrogen and oxygen atoms in total. The first-order valence-electron chi connectivity index (χ1n) is 5.04. The third kappa shape index (κ3) is 1.90. The molecule has 1 heterocycles.